The molecule has 7 N–H and O–H groups in total. The maximum absolute atomic E-state index is 10.7. The summed E-state index contributed by atoms with van der Waals surface area (Å²) in [6, 6.07) is -0.820. The van der Waals surface area contributed by atoms with Crippen LogP contribution in [0.3, 0.4) is 0 Å². The Morgan fingerprint density at radius 3 is 0.753 bits per heavy atom. The molecule has 0 aliphatic carbocycles. The van der Waals surface area contributed by atoms with Crippen LogP contribution in [0.4, 0.5) is 0 Å². The van der Waals surface area contributed by atoms with Crippen LogP contribution < -0.4 is 21.3 Å². The fourth-order valence-corrected chi connectivity index (χ4v) is 2.86. The van der Waals surface area contributed by atoms with E-state index in [1.807, 2.05) is 61.7 Å². The van der Waals surface area contributed by atoms with Crippen LogP contribution in [0.2, 0.25) is 0 Å². The number of nitrogens with one attached hydrogen (secondary N) is 4. The third-order valence-corrected chi connectivity index (χ3v) is 4.68. The van der Waals surface area contributed by atoms with Crippen molar-refractivity contribution in [1.82, 2.24) is 21.3 Å². The van der Waals surface area contributed by atoms with Crippen molar-refractivity contribution in [1.29, 1.82) is 0 Å². The summed E-state index contributed by atoms with van der Waals surface area (Å²) in [6.45, 7) is 20.5. The van der Waals surface area contributed by atoms with Crippen molar-refractivity contribution in [2.75, 3.05) is 13.7 Å². The van der Waals surface area contributed by atoms with E-state index in [-0.39, 0.29) is 1300 Å². The van der Waals surface area contributed by atoms with E-state index >= 15 is 0 Å². The predicted molar refractivity (Wildman–Crippen MR) is 166 cm³/mol. The maximum atomic E-state index is 10.7. The summed E-state index contributed by atoms with van der Waals surface area (Å²) in [5.41, 5.74) is 0. The van der Waals surface area contributed by atoms with E-state index in [0.29, 0.717) is 12.5 Å². The van der Waals surface area contributed by atoms with Crippen molar-refractivity contribution in [3.8, 4) is 0 Å². The molecule has 0 saturated carbocycles. The number of esters is 1. The number of carboxylic acids is 1. The molecule has 0 aromatic carbocycles. The van der Waals surface area contributed by atoms with Gasteiger partial charge in [-0.2, -0.15) is 0 Å². The van der Waals surface area contributed by atoms with E-state index in [0.717, 1.165) is 0 Å². The molecule has 0 saturated heterocycles. The number of aliphatic hydroxyl groups is 2. The van der Waals surface area contributed by atoms with E-state index in [1.54, 1.807) is 19.5 Å². The van der Waals surface area contributed by atoms with Gasteiger partial charge in [0.2, 0.25) is 0 Å². The number of carbonyl (C=O) groups is 2. The summed E-state index contributed by atoms with van der Waals surface area (Å²) < 4.78 is 4.45. The number of hydrogen-bond donors (Lipinski definition) is 7. The zero-order valence-electron chi connectivity index (χ0n) is 49.5. The average Bonchev–Trinajstić information content (AvgIpc) is 2.91. The Morgan fingerprint density at radius 1 is 0.407 bits per heavy atom. The summed E-state index contributed by atoms with van der Waals surface area (Å²) in [5.74, 6) is -1.29. The third kappa shape index (κ3) is 255. The topological polar surface area (TPSA) is 203 Å². The summed E-state index contributed by atoms with van der Waals surface area (Å²) in [6.07, 6.45) is 7.67. The van der Waals surface area contributed by atoms with Crippen LogP contribution >= 0.6 is 0 Å². The minimum absolute atomic E-state index is 0. The van der Waals surface area contributed by atoms with Gasteiger partial charge in [-0.15, -0.1) is 6.04 Å². The molecule has 5 atom stereocenters. The fraction of sp³-hybridized carbons (Fsp3) is 0.767. The smallest absolute Gasteiger partial charge is 0.305 e. The van der Waals surface area contributed by atoms with Crippen LogP contribution in [0.25, 0.3) is 0 Å². The molecule has 0 heterocycles. The zero-order valence-corrected chi connectivity index (χ0v) is 157. The average molecular weight is 4000 g/mol. The Bertz CT molecular complexity index is 813. The monoisotopic (exact) mass is 3990 g/mol. The van der Waals surface area contributed by atoms with E-state index in [9.17, 15) is 24.0 Å². The van der Waals surface area contributed by atoms with E-state index in [1.165, 1.54) is 7.11 Å². The Balaban J connectivity index is -0.00000000543. The molecule has 0 bridgehead atoms. The molecule has 0 aliphatic heterocycles. The first-order valence-corrected chi connectivity index (χ1v) is 14.2. The van der Waals surface area contributed by atoms with Crippen LogP contribution in [0.15, 0.2) is 6.58 Å². The van der Waals surface area contributed by atoms with E-state index in [4.69, 9.17) is 15.3 Å². The molecule has 38 radical (unpaired) electrons. The molecule has 0 aliphatic rings. The van der Waals surface area contributed by atoms with Crippen LogP contribution in [0.5, 0.6) is 0 Å². The normalized spacial score (nSPS) is 7.41. The molecule has 0 unspecified atom stereocenters. The predicted octanol–water partition coefficient (Wildman–Crippen LogP) is 0.436. The number of methoxy groups -OCH3 is 1. The molecule has 0 amide bonds. The first kappa shape index (κ1) is 279. The van der Waals surface area contributed by atoms with Crippen molar-refractivity contribution in [2.24, 2.45) is 0 Å². The minimum Gasteiger partial charge on any atom is -0.540 e. The van der Waals surface area contributed by atoms with Gasteiger partial charge >= 0.3 is 11.9 Å². The summed E-state index contributed by atoms with van der Waals surface area (Å²) in [4.78, 5) is 51.5. The molecule has 0 spiro atoms. The van der Waals surface area contributed by atoms with Crippen molar-refractivity contribution >= 4 is 30.8 Å². The number of hydrogen-bond acceptors (Lipinski definition) is 12. The summed E-state index contributed by atoms with van der Waals surface area (Å²) in [7, 11) is 1.33. The van der Waals surface area contributed by atoms with Gasteiger partial charge in [-0.05, 0) is 31.1 Å². The maximum Gasteiger partial charge on any atom is 0.305 e. The Labute approximate surface area is 1450 Å². The van der Waals surface area contributed by atoms with E-state index in [2.05, 4.69) is 38.7 Å². The Kier molecular flexibility index (Phi) is 791. The van der Waals surface area contributed by atoms with Crippen LogP contribution in [-0.4, -0.2) is 114 Å². The van der Waals surface area contributed by atoms with E-state index < -0.39 is 24.2 Å². The van der Waals surface area contributed by atoms with Crippen molar-refractivity contribution in [3.05, 3.63) is 12.7 Å². The number of rotatable bonds is 19. The molecule has 0 rings (SSSR count). The Morgan fingerprint density at radius 2 is 0.630 bits per heavy atom. The number of aliphatic hydroxyl groups excluding tert-OH is 2. The SMILES string of the molecule is C=[C-][C@H](CO)NC(C)C.CC(C)N[C@H]([C-]=O)CC(=O)O.CC(C)N[C@H]([C-]=O)[C@@H](C)O.COC(=O)CC[C@@H]([C-]=O)NC(C)C.[Y].[Y].[Y].[Y].[Y].[Y].[Y].[Y].[Y].[Y].[Y].[Y].[Y].[Y].[Y].[Y].[Y].[Y].[Y].[Y].[Y].[Y].[Y].[Y].[Y].[Y].[Y].[Y].[Y].[Y].[Y].[Y].[Y].[Y].[Y].[Y].[Y].[Y]. The molecule has 0 aromatic heterocycles. The van der Waals surface area contributed by atoms with Gasteiger partial charge in [-0.1, -0.05) is 79.9 Å². The number of aliphatic carboxylic acids is 1. The second kappa shape index (κ2) is 230. The van der Waals surface area contributed by atoms with Gasteiger partial charge in [0.1, 0.15) is 0 Å². The molecular formula is C30H56N4O9Y38-4. The zero-order chi connectivity index (χ0) is 34.5. The van der Waals surface area contributed by atoms with Gasteiger partial charge < -0.3 is 61.8 Å². The summed E-state index contributed by atoms with van der Waals surface area (Å²) in [5, 5.41) is 37.5. The van der Waals surface area contributed by atoms with Gasteiger partial charge in [0.15, 0.2) is 0 Å². The quantitative estimate of drug-likeness (QED) is 0.0695. The minimum atomic E-state index is -0.994. The number of carboxylic acid groups (broad SMARTS) is 1. The van der Waals surface area contributed by atoms with Gasteiger partial charge in [-0.25, -0.2) is 18.9 Å². The van der Waals surface area contributed by atoms with Gasteiger partial charge in [0.05, 0.1) is 7.11 Å². The number of carbonyl (C=O) groups excluding carboxylic acids is 4. The molecule has 13 nitrogen and oxygen atoms in total. The van der Waals surface area contributed by atoms with Crippen molar-refractivity contribution in [2.45, 2.75) is 136 Å². The molecule has 368 valence electrons. The van der Waals surface area contributed by atoms with Crippen LogP contribution in [0.1, 0.15) is 81.6 Å². The van der Waals surface area contributed by atoms with Crippen molar-refractivity contribution in [3.63, 3.8) is 0 Å². The third-order valence-electron chi connectivity index (χ3n) is 4.68. The number of ether oxygens (including phenoxy) is 1. The van der Waals surface area contributed by atoms with Gasteiger partial charge in [-0.3, -0.25) is 16.2 Å². The van der Waals surface area contributed by atoms with Crippen LogP contribution in [-0.2, 0) is 1270 Å². The molecular weight excluding hydrogens is 3940 g/mol. The molecule has 51 heteroatoms. The Hall–Kier alpha value is 39.4. The van der Waals surface area contributed by atoms with Crippen LogP contribution in [0, 0.1) is 6.08 Å². The molecule has 0 aromatic rings. The van der Waals surface area contributed by atoms with Gasteiger partial charge in [0, 0.05) is 1270 Å². The molecule has 81 heavy (non-hydrogen) atoms. The van der Waals surface area contributed by atoms with Crippen molar-refractivity contribution < 1.29 is 1290 Å². The summed E-state index contributed by atoms with van der Waals surface area (Å²) >= 11 is 0. The largest absolute Gasteiger partial charge is 0.540 e. The first-order chi connectivity index (χ1) is 19.9. The fourth-order valence-electron chi connectivity index (χ4n) is 2.86. The van der Waals surface area contributed by atoms with Gasteiger partial charge in [0.25, 0.3) is 0 Å². The standard InChI is InChI=1S/C9H16NO3.C7H12NO3.C7H14NO2.C7H14NO.38Y/c1-7(2)10-8(6-11)4-5-9(12)13-3;1-5(2)8-6(4-9)3-7(10)11;1-5(2)8-7(4-9)6(3)10;1-4-7(5-9)8-6(2)3;;;;;;;;;;;;;;;;;;;;;;;;;;;;;;;;;;;;;;/h7-8,10H,4-5H2,1-3H3;5-6,8H,3H2,1-2H3,(H,10,11);5-8,10H,1-3H3;6-9H,1,5H2,2-3H3;;;;;;;;;;;;;;;;;;;;;;;;;;;;;;;;;;;;;;/q4*-1;;;;;;;;;;;;;;;;;;;;;;;;;;;;;;;;;;;;;;/t8-;6-;6-,7-;7-;;;;;;;;;;;;;;;;;;;;;;;;;;;;;;;;;;;;;;/m0011....................................../s1. The first-order valence-electron chi connectivity index (χ1n) is 14.2. The second-order valence-electron chi connectivity index (χ2n) is 10.6. The second-order valence-corrected chi connectivity index (χ2v) is 10.6. The molecule has 0 fully saturated rings.